The number of rotatable bonds is 3. The van der Waals surface area contributed by atoms with E-state index < -0.39 is 28.8 Å². The van der Waals surface area contributed by atoms with Crippen molar-refractivity contribution in [2.45, 2.75) is 12.3 Å². The van der Waals surface area contributed by atoms with Gasteiger partial charge in [-0.3, -0.25) is 9.59 Å². The summed E-state index contributed by atoms with van der Waals surface area (Å²) < 4.78 is 16.7. The van der Waals surface area contributed by atoms with E-state index in [0.717, 1.165) is 14.2 Å². The Morgan fingerprint density at radius 1 is 1.22 bits per heavy atom. The van der Waals surface area contributed by atoms with Gasteiger partial charge >= 0.3 is 11.9 Å². The maximum Gasteiger partial charge on any atom is 0.333 e. The first-order valence-electron chi connectivity index (χ1n) is 7.84. The van der Waals surface area contributed by atoms with Crippen LogP contribution < -0.4 is 10.5 Å². The monoisotopic (exact) mass is 368 g/mol. The lowest BCUT2D eigenvalue weighted by atomic mass is 9.73. The van der Waals surface area contributed by atoms with Gasteiger partial charge in [0.15, 0.2) is 0 Å². The van der Waals surface area contributed by atoms with Crippen LogP contribution in [-0.2, 0) is 24.5 Å². The van der Waals surface area contributed by atoms with Crippen LogP contribution in [0.3, 0.4) is 0 Å². The molecule has 0 bridgehead atoms. The van der Waals surface area contributed by atoms with Crippen LogP contribution in [0.2, 0.25) is 0 Å². The fourth-order valence-corrected chi connectivity index (χ4v) is 3.18. The number of carbonyl (C=O) groups is 2. The van der Waals surface area contributed by atoms with Crippen molar-refractivity contribution in [1.82, 2.24) is 9.78 Å². The Balaban J connectivity index is 2.43. The third kappa shape index (κ3) is 2.34. The molecule has 138 valence electrons. The molecule has 2 heterocycles. The molecule has 0 fully saturated rings. The van der Waals surface area contributed by atoms with Crippen LogP contribution in [-0.4, -0.2) is 35.9 Å². The van der Waals surface area contributed by atoms with E-state index in [1.807, 2.05) is 6.07 Å². The highest BCUT2D eigenvalue weighted by molar-refractivity contribution is 6.12. The second-order valence-corrected chi connectivity index (χ2v) is 5.70. The van der Waals surface area contributed by atoms with Gasteiger partial charge in [0.05, 0.1) is 31.2 Å². The summed E-state index contributed by atoms with van der Waals surface area (Å²) >= 11 is 0. The summed E-state index contributed by atoms with van der Waals surface area (Å²) in [4.78, 5) is 25.6. The number of nitriles is 1. The molecule has 9 heteroatoms. The van der Waals surface area contributed by atoms with Gasteiger partial charge in [-0.15, -0.1) is 0 Å². The minimum atomic E-state index is -2.23. The summed E-state index contributed by atoms with van der Waals surface area (Å²) in [6.45, 7) is 1.58. The average molecular weight is 368 g/mol. The Bertz CT molecular complexity index is 985. The number of aryl methyl sites for hydroxylation is 1. The standard InChI is InChI=1S/C18H16N4O5/c1-10-13-15(22(21-10)11-7-5-4-6-8-11)27-14(20)12(9-19)18(13,16(23)25-2)17(24)26-3/h4-8H,20H2,1-3H3. The molecule has 0 radical (unpaired) electrons. The highest BCUT2D eigenvalue weighted by Crippen LogP contribution is 2.47. The van der Waals surface area contributed by atoms with Crippen molar-refractivity contribution in [3.8, 4) is 17.6 Å². The topological polar surface area (TPSA) is 129 Å². The van der Waals surface area contributed by atoms with E-state index >= 15 is 0 Å². The fourth-order valence-electron chi connectivity index (χ4n) is 3.18. The Hall–Kier alpha value is -3.80. The predicted octanol–water partition coefficient (Wildman–Crippen LogP) is 0.851. The molecule has 3 rings (SSSR count). The van der Waals surface area contributed by atoms with E-state index in [4.69, 9.17) is 19.9 Å². The fraction of sp³-hybridized carbons (Fsp3) is 0.222. The smallest absolute Gasteiger partial charge is 0.333 e. The van der Waals surface area contributed by atoms with Crippen LogP contribution in [0.5, 0.6) is 5.88 Å². The highest BCUT2D eigenvalue weighted by atomic mass is 16.5. The minimum absolute atomic E-state index is 0.0333. The molecule has 0 amide bonds. The van der Waals surface area contributed by atoms with E-state index in [2.05, 4.69) is 5.10 Å². The molecule has 2 aromatic rings. The maximum atomic E-state index is 12.8. The number of ether oxygens (including phenoxy) is 3. The number of fused-ring (bicyclic) bond motifs is 1. The number of para-hydroxylation sites is 1. The normalized spacial score (nSPS) is 14.6. The molecular formula is C18H16N4O5. The quantitative estimate of drug-likeness (QED) is 0.623. The van der Waals surface area contributed by atoms with E-state index in [1.165, 1.54) is 4.68 Å². The molecule has 1 aliphatic rings. The Kier molecular flexibility index (Phi) is 4.33. The molecular weight excluding hydrogens is 352 g/mol. The number of nitrogens with two attached hydrogens (primary N) is 1. The summed E-state index contributed by atoms with van der Waals surface area (Å²) in [6, 6.07) is 10.7. The van der Waals surface area contributed by atoms with Crippen molar-refractivity contribution in [1.29, 1.82) is 5.26 Å². The van der Waals surface area contributed by atoms with Crippen LogP contribution in [0.1, 0.15) is 11.3 Å². The van der Waals surface area contributed by atoms with Crippen LogP contribution in [0, 0.1) is 18.3 Å². The van der Waals surface area contributed by atoms with Crippen LogP contribution >= 0.6 is 0 Å². The van der Waals surface area contributed by atoms with Crippen molar-refractivity contribution in [2.24, 2.45) is 5.73 Å². The van der Waals surface area contributed by atoms with Gasteiger partial charge in [-0.25, -0.2) is 4.68 Å². The first-order valence-corrected chi connectivity index (χ1v) is 7.84. The number of hydrogen-bond acceptors (Lipinski definition) is 8. The summed E-state index contributed by atoms with van der Waals surface area (Å²) in [5, 5.41) is 14.0. The van der Waals surface area contributed by atoms with Gasteiger partial charge in [0.25, 0.3) is 0 Å². The van der Waals surface area contributed by atoms with E-state index in [-0.39, 0.29) is 17.1 Å². The lowest BCUT2D eigenvalue weighted by Crippen LogP contribution is -2.50. The highest BCUT2D eigenvalue weighted by Gasteiger charge is 2.61. The summed E-state index contributed by atoms with van der Waals surface area (Å²) in [6.07, 6.45) is 0. The zero-order valence-electron chi connectivity index (χ0n) is 14.8. The molecule has 1 aliphatic heterocycles. The van der Waals surface area contributed by atoms with Gasteiger partial charge in [0, 0.05) is 0 Å². The van der Waals surface area contributed by atoms with Crippen LogP contribution in [0.4, 0.5) is 0 Å². The number of esters is 2. The van der Waals surface area contributed by atoms with Gasteiger partial charge in [-0.1, -0.05) is 18.2 Å². The molecule has 1 aromatic heterocycles. The Morgan fingerprint density at radius 3 is 2.33 bits per heavy atom. The molecule has 0 saturated carbocycles. The molecule has 0 saturated heterocycles. The number of methoxy groups -OCH3 is 2. The molecule has 0 aliphatic carbocycles. The molecule has 0 unspecified atom stereocenters. The van der Waals surface area contributed by atoms with Gasteiger partial charge in [0.1, 0.15) is 11.6 Å². The van der Waals surface area contributed by atoms with Crippen LogP contribution in [0.15, 0.2) is 41.8 Å². The third-order valence-corrected chi connectivity index (χ3v) is 4.32. The van der Waals surface area contributed by atoms with Gasteiger partial charge in [-0.2, -0.15) is 10.4 Å². The third-order valence-electron chi connectivity index (χ3n) is 4.32. The lowest BCUT2D eigenvalue weighted by Gasteiger charge is -2.32. The Labute approximate surface area is 154 Å². The minimum Gasteiger partial charge on any atom is -0.468 e. The lowest BCUT2D eigenvalue weighted by molar-refractivity contribution is -0.160. The van der Waals surface area contributed by atoms with Crippen molar-refractivity contribution in [3.63, 3.8) is 0 Å². The van der Waals surface area contributed by atoms with Crippen molar-refractivity contribution < 1.29 is 23.8 Å². The molecule has 0 spiro atoms. The summed E-state index contributed by atoms with van der Waals surface area (Å²) in [7, 11) is 2.20. The van der Waals surface area contributed by atoms with Crippen LogP contribution in [0.25, 0.3) is 5.69 Å². The predicted molar refractivity (Wildman–Crippen MR) is 91.5 cm³/mol. The van der Waals surface area contributed by atoms with E-state index in [0.29, 0.717) is 5.69 Å². The number of carbonyl (C=O) groups excluding carboxylic acids is 2. The second-order valence-electron chi connectivity index (χ2n) is 5.70. The SMILES string of the molecule is COC(=O)C1(C(=O)OC)C(C#N)=C(N)Oc2c1c(C)nn2-c1ccccc1. The van der Waals surface area contributed by atoms with E-state index in [1.54, 1.807) is 37.3 Å². The zero-order chi connectivity index (χ0) is 19.8. The van der Waals surface area contributed by atoms with Crippen molar-refractivity contribution in [3.05, 3.63) is 53.0 Å². The maximum absolute atomic E-state index is 12.8. The molecule has 1 aromatic carbocycles. The molecule has 2 N–H and O–H groups in total. The largest absolute Gasteiger partial charge is 0.468 e. The summed E-state index contributed by atoms with van der Waals surface area (Å²) in [5.74, 6) is -2.41. The van der Waals surface area contributed by atoms with Gasteiger partial charge in [-0.05, 0) is 19.1 Å². The first kappa shape index (κ1) is 18.0. The Morgan fingerprint density at radius 2 is 1.81 bits per heavy atom. The average Bonchev–Trinajstić information content (AvgIpc) is 3.02. The van der Waals surface area contributed by atoms with E-state index in [9.17, 15) is 14.9 Å². The second kappa shape index (κ2) is 6.49. The zero-order valence-corrected chi connectivity index (χ0v) is 14.8. The first-order chi connectivity index (χ1) is 12.9. The van der Waals surface area contributed by atoms with Gasteiger partial charge < -0.3 is 19.9 Å². The number of aromatic nitrogens is 2. The summed E-state index contributed by atoms with van der Waals surface area (Å²) in [5.41, 5.74) is 4.20. The molecule has 0 atom stereocenters. The van der Waals surface area contributed by atoms with Gasteiger partial charge in [0.2, 0.25) is 17.2 Å². The number of nitrogens with zero attached hydrogens (tertiary/aromatic N) is 3. The number of benzene rings is 1. The number of hydrogen-bond donors (Lipinski definition) is 1. The molecule has 9 nitrogen and oxygen atoms in total. The van der Waals surface area contributed by atoms with Crippen molar-refractivity contribution >= 4 is 11.9 Å². The van der Waals surface area contributed by atoms with Crippen molar-refractivity contribution in [2.75, 3.05) is 14.2 Å². The molecule has 27 heavy (non-hydrogen) atoms.